The van der Waals surface area contributed by atoms with E-state index >= 15 is 0 Å². The topological polar surface area (TPSA) is 13.1 Å². The van der Waals surface area contributed by atoms with Gasteiger partial charge in [0.1, 0.15) is 11.3 Å². The van der Waals surface area contributed by atoms with Gasteiger partial charge < -0.3 is 4.42 Å². The molecule has 1 aliphatic carbocycles. The van der Waals surface area contributed by atoms with Crippen LogP contribution in [-0.2, 0) is 5.41 Å². The average molecular weight is 244 g/mol. The summed E-state index contributed by atoms with van der Waals surface area (Å²) < 4.78 is 6.02. The van der Waals surface area contributed by atoms with E-state index in [0.717, 1.165) is 11.5 Å². The van der Waals surface area contributed by atoms with E-state index < -0.39 is 0 Å². The molecule has 1 heteroatoms. The third-order valence-corrected chi connectivity index (χ3v) is 4.27. The first-order valence-electron chi connectivity index (χ1n) is 7.29. The highest BCUT2D eigenvalue weighted by atomic mass is 16.3. The molecule has 2 aromatic rings. The lowest BCUT2D eigenvalue weighted by molar-refractivity contribution is 0.439. The van der Waals surface area contributed by atoms with Crippen LogP contribution in [0.5, 0.6) is 0 Å². The first kappa shape index (κ1) is 13.2. The predicted octanol–water partition coefficient (Wildman–Crippen LogP) is 5.54. The Morgan fingerprint density at radius 3 is 2.50 bits per heavy atom. The summed E-state index contributed by atoms with van der Waals surface area (Å²) >= 11 is 0. The van der Waals surface area contributed by atoms with Crippen molar-refractivity contribution in [2.24, 2.45) is 5.92 Å². The Labute approximate surface area is 110 Å². The second-order valence-electron chi connectivity index (χ2n) is 4.97. The molecule has 2 unspecified atom stereocenters. The van der Waals surface area contributed by atoms with Gasteiger partial charge in [0.05, 0.1) is 0 Å². The lowest BCUT2D eigenvalue weighted by Crippen LogP contribution is -2.06. The van der Waals surface area contributed by atoms with E-state index in [9.17, 15) is 0 Å². The summed E-state index contributed by atoms with van der Waals surface area (Å²) in [6, 6.07) is 10.6. The van der Waals surface area contributed by atoms with Gasteiger partial charge in [-0.3, -0.25) is 0 Å². The van der Waals surface area contributed by atoms with Crippen molar-refractivity contribution in [2.75, 3.05) is 0 Å². The van der Waals surface area contributed by atoms with Gasteiger partial charge in [0.2, 0.25) is 0 Å². The van der Waals surface area contributed by atoms with E-state index in [0.29, 0.717) is 5.41 Å². The summed E-state index contributed by atoms with van der Waals surface area (Å²) in [6.45, 7) is 8.56. The monoisotopic (exact) mass is 244 g/mol. The highest BCUT2D eigenvalue weighted by molar-refractivity contribution is 5.78. The molecule has 0 aliphatic heterocycles. The van der Waals surface area contributed by atoms with E-state index in [1.54, 1.807) is 0 Å². The molecule has 3 rings (SSSR count). The molecule has 1 heterocycles. The summed E-state index contributed by atoms with van der Waals surface area (Å²) in [5.74, 6) is 2.04. The van der Waals surface area contributed by atoms with Crippen molar-refractivity contribution in [2.45, 2.75) is 52.4 Å². The van der Waals surface area contributed by atoms with Crippen molar-refractivity contribution in [3.8, 4) is 0 Å². The molecule has 98 valence electrons. The van der Waals surface area contributed by atoms with Crippen molar-refractivity contribution in [1.82, 2.24) is 0 Å². The van der Waals surface area contributed by atoms with Gasteiger partial charge in [0.15, 0.2) is 0 Å². The quantitative estimate of drug-likeness (QED) is 0.691. The van der Waals surface area contributed by atoms with Crippen molar-refractivity contribution < 1.29 is 4.42 Å². The Bertz CT molecular complexity index is 478. The van der Waals surface area contributed by atoms with Crippen molar-refractivity contribution in [1.29, 1.82) is 0 Å². The predicted molar refractivity (Wildman–Crippen MR) is 77.9 cm³/mol. The van der Waals surface area contributed by atoms with Crippen LogP contribution in [0, 0.1) is 5.92 Å². The molecule has 0 amide bonds. The van der Waals surface area contributed by atoms with E-state index in [1.807, 2.05) is 19.9 Å². The molecule has 1 saturated carbocycles. The third kappa shape index (κ3) is 1.96. The van der Waals surface area contributed by atoms with Crippen molar-refractivity contribution in [3.05, 3.63) is 36.1 Å². The van der Waals surface area contributed by atoms with E-state index in [2.05, 4.69) is 38.1 Å². The molecule has 0 saturated heterocycles. The van der Waals surface area contributed by atoms with Gasteiger partial charge in [-0.2, -0.15) is 0 Å². The molecule has 1 nitrogen and oxygen atoms in total. The molecule has 1 aromatic carbocycles. The highest BCUT2D eigenvalue weighted by Crippen LogP contribution is 2.58. The summed E-state index contributed by atoms with van der Waals surface area (Å²) in [5, 5.41) is 1.24. The first-order valence-corrected chi connectivity index (χ1v) is 7.29. The summed E-state index contributed by atoms with van der Waals surface area (Å²) in [4.78, 5) is 0. The van der Waals surface area contributed by atoms with Crippen LogP contribution in [0.2, 0.25) is 0 Å². The zero-order valence-electron chi connectivity index (χ0n) is 12.0. The second kappa shape index (κ2) is 5.17. The van der Waals surface area contributed by atoms with Gasteiger partial charge in [-0.1, -0.05) is 52.3 Å². The van der Waals surface area contributed by atoms with E-state index in [4.69, 9.17) is 4.42 Å². The van der Waals surface area contributed by atoms with Gasteiger partial charge in [0, 0.05) is 10.8 Å². The minimum Gasteiger partial charge on any atom is -0.460 e. The molecule has 1 aliphatic rings. The summed E-state index contributed by atoms with van der Waals surface area (Å²) in [7, 11) is 0. The van der Waals surface area contributed by atoms with Gasteiger partial charge in [0.25, 0.3) is 0 Å². The summed E-state index contributed by atoms with van der Waals surface area (Å²) in [6.07, 6.45) is 3.77. The van der Waals surface area contributed by atoms with E-state index in [-0.39, 0.29) is 0 Å². The van der Waals surface area contributed by atoms with Crippen LogP contribution in [0.15, 0.2) is 34.7 Å². The number of hydrogen-bond acceptors (Lipinski definition) is 1. The van der Waals surface area contributed by atoms with E-state index in [1.165, 1.54) is 30.4 Å². The van der Waals surface area contributed by atoms with Gasteiger partial charge >= 0.3 is 0 Å². The molecule has 0 spiro atoms. The molecular weight excluding hydrogens is 220 g/mol. The number of hydrogen-bond donors (Lipinski definition) is 0. The molecule has 2 atom stereocenters. The van der Waals surface area contributed by atoms with Crippen LogP contribution in [0.1, 0.15) is 52.7 Å². The van der Waals surface area contributed by atoms with Crippen molar-refractivity contribution in [3.63, 3.8) is 0 Å². The van der Waals surface area contributed by atoms with Crippen LogP contribution in [-0.4, -0.2) is 0 Å². The second-order valence-corrected chi connectivity index (χ2v) is 4.97. The number of rotatable bonds is 3. The minimum absolute atomic E-state index is 0.355. The first-order chi connectivity index (χ1) is 8.80. The standard InChI is InChI=1S/C15H18O.C2H6/c1-3-12-10-15(12,4-2)14-9-11-7-5-6-8-13(11)16-14;1-2/h5-9,12H,3-4,10H2,1-2H3;1-2H3. The fourth-order valence-electron chi connectivity index (χ4n) is 3.05. The average Bonchev–Trinajstić information content (AvgIpc) is 3.02. The molecule has 18 heavy (non-hydrogen) atoms. The molecule has 0 bridgehead atoms. The van der Waals surface area contributed by atoms with Crippen LogP contribution >= 0.6 is 0 Å². The SMILES string of the molecule is CC.CCC1CC1(CC)c1cc2ccccc2o1. The largest absolute Gasteiger partial charge is 0.460 e. The van der Waals surface area contributed by atoms with Crippen LogP contribution in [0.25, 0.3) is 11.0 Å². The molecule has 0 N–H and O–H groups in total. The lowest BCUT2D eigenvalue weighted by atomic mass is 9.96. The number of fused-ring (bicyclic) bond motifs is 1. The fourth-order valence-corrected chi connectivity index (χ4v) is 3.05. The Balaban J connectivity index is 0.000000574. The highest BCUT2D eigenvalue weighted by Gasteiger charge is 2.54. The fraction of sp³-hybridized carbons (Fsp3) is 0.529. The van der Waals surface area contributed by atoms with Gasteiger partial charge in [-0.15, -0.1) is 0 Å². The number of para-hydroxylation sites is 1. The molecule has 1 aromatic heterocycles. The zero-order chi connectivity index (χ0) is 13.2. The maximum atomic E-state index is 6.02. The minimum atomic E-state index is 0.355. The Kier molecular flexibility index (Phi) is 3.79. The van der Waals surface area contributed by atoms with Gasteiger partial charge in [-0.05, 0) is 30.9 Å². The summed E-state index contributed by atoms with van der Waals surface area (Å²) in [5.41, 5.74) is 1.39. The zero-order valence-corrected chi connectivity index (χ0v) is 12.0. The van der Waals surface area contributed by atoms with Crippen LogP contribution in [0.4, 0.5) is 0 Å². The van der Waals surface area contributed by atoms with Crippen molar-refractivity contribution >= 4 is 11.0 Å². The maximum Gasteiger partial charge on any atom is 0.134 e. The van der Waals surface area contributed by atoms with Gasteiger partial charge in [-0.25, -0.2) is 0 Å². The van der Waals surface area contributed by atoms with Crippen LogP contribution < -0.4 is 0 Å². The molecule has 1 fully saturated rings. The Morgan fingerprint density at radius 2 is 1.94 bits per heavy atom. The smallest absolute Gasteiger partial charge is 0.134 e. The number of furan rings is 1. The Hall–Kier alpha value is -1.24. The maximum absolute atomic E-state index is 6.02. The normalized spacial score (nSPS) is 25.7. The van der Waals surface area contributed by atoms with Crippen LogP contribution in [0.3, 0.4) is 0 Å². The lowest BCUT2D eigenvalue weighted by Gasteiger charge is -2.10. The molecular formula is C17H24O. The third-order valence-electron chi connectivity index (χ3n) is 4.27. The number of benzene rings is 1. The Morgan fingerprint density at radius 1 is 1.22 bits per heavy atom. The molecule has 0 radical (unpaired) electrons.